The van der Waals surface area contributed by atoms with E-state index in [0.29, 0.717) is 0 Å². The lowest BCUT2D eigenvalue weighted by atomic mass is 9.93. The van der Waals surface area contributed by atoms with Gasteiger partial charge < -0.3 is 5.32 Å². The van der Waals surface area contributed by atoms with Gasteiger partial charge in [-0.3, -0.25) is 0 Å². The molecule has 0 spiro atoms. The Hall–Kier alpha value is -1.74. The van der Waals surface area contributed by atoms with Crippen molar-refractivity contribution in [2.45, 2.75) is 26.3 Å². The number of rotatable bonds is 5. The van der Waals surface area contributed by atoms with Crippen LogP contribution in [-0.4, -0.2) is 13.0 Å². The lowest BCUT2D eigenvalue weighted by Crippen LogP contribution is -2.28. The smallest absolute Gasteiger partial charge is 0.250 e. The maximum atomic E-state index is 12.5. The molecule has 0 heterocycles. The summed E-state index contributed by atoms with van der Waals surface area (Å²) in [6, 6.07) is 15.6. The zero-order valence-corrected chi connectivity index (χ0v) is 11.7. The standard InChI is InChI=1S/C17H19F2N/c1-12-8-9-13(2)15(10-12)17(20-11-16(18)19)14-6-4-3-5-7-14/h3-10,16-17,20H,11H2,1-2H3. The zero-order chi connectivity index (χ0) is 14.5. The molecule has 0 aromatic heterocycles. The van der Waals surface area contributed by atoms with Gasteiger partial charge in [-0.2, -0.15) is 0 Å². The van der Waals surface area contributed by atoms with E-state index in [-0.39, 0.29) is 12.6 Å². The lowest BCUT2D eigenvalue weighted by molar-refractivity contribution is 0.143. The molecule has 0 fully saturated rings. The van der Waals surface area contributed by atoms with E-state index in [0.717, 1.165) is 22.3 Å². The minimum atomic E-state index is -2.36. The Morgan fingerprint density at radius 3 is 2.35 bits per heavy atom. The molecule has 0 bridgehead atoms. The van der Waals surface area contributed by atoms with Crippen LogP contribution in [-0.2, 0) is 0 Å². The maximum Gasteiger partial charge on any atom is 0.250 e. The Morgan fingerprint density at radius 2 is 1.70 bits per heavy atom. The summed E-state index contributed by atoms with van der Waals surface area (Å²) in [6.45, 7) is 3.71. The van der Waals surface area contributed by atoms with E-state index >= 15 is 0 Å². The Morgan fingerprint density at radius 1 is 1.00 bits per heavy atom. The van der Waals surface area contributed by atoms with Crippen LogP contribution in [0, 0.1) is 13.8 Å². The molecule has 0 saturated carbocycles. The van der Waals surface area contributed by atoms with E-state index in [1.54, 1.807) is 0 Å². The van der Waals surface area contributed by atoms with Crippen molar-refractivity contribution < 1.29 is 8.78 Å². The number of hydrogen-bond donors (Lipinski definition) is 1. The Balaban J connectivity index is 2.38. The molecular weight excluding hydrogens is 256 g/mol. The summed E-state index contributed by atoms with van der Waals surface area (Å²) < 4.78 is 25.1. The fraction of sp³-hybridized carbons (Fsp3) is 0.294. The van der Waals surface area contributed by atoms with Crippen molar-refractivity contribution in [1.82, 2.24) is 5.32 Å². The van der Waals surface area contributed by atoms with Gasteiger partial charge in [-0.05, 0) is 30.5 Å². The summed E-state index contributed by atoms with van der Waals surface area (Å²) >= 11 is 0. The second-order valence-corrected chi connectivity index (χ2v) is 5.00. The average Bonchev–Trinajstić information content (AvgIpc) is 2.43. The van der Waals surface area contributed by atoms with Crippen molar-refractivity contribution in [2.24, 2.45) is 0 Å². The molecule has 106 valence electrons. The summed E-state index contributed by atoms with van der Waals surface area (Å²) in [5.74, 6) is 0. The largest absolute Gasteiger partial charge is 0.301 e. The third kappa shape index (κ3) is 3.64. The number of nitrogens with one attached hydrogen (secondary N) is 1. The summed E-state index contributed by atoms with van der Waals surface area (Å²) in [7, 11) is 0. The van der Waals surface area contributed by atoms with Crippen LogP contribution in [0.25, 0.3) is 0 Å². The van der Waals surface area contributed by atoms with E-state index < -0.39 is 6.43 Å². The Bertz CT molecular complexity index is 552. The first-order chi connectivity index (χ1) is 9.58. The zero-order valence-electron chi connectivity index (χ0n) is 11.7. The van der Waals surface area contributed by atoms with Gasteiger partial charge in [0.1, 0.15) is 0 Å². The van der Waals surface area contributed by atoms with E-state index in [9.17, 15) is 8.78 Å². The van der Waals surface area contributed by atoms with E-state index in [1.807, 2.05) is 56.3 Å². The van der Waals surface area contributed by atoms with Crippen LogP contribution in [0.15, 0.2) is 48.5 Å². The molecule has 0 aliphatic heterocycles. The van der Waals surface area contributed by atoms with Gasteiger partial charge in [0.2, 0.25) is 0 Å². The van der Waals surface area contributed by atoms with Crippen LogP contribution in [0.3, 0.4) is 0 Å². The highest BCUT2D eigenvalue weighted by molar-refractivity contribution is 5.39. The molecule has 0 saturated heterocycles. The quantitative estimate of drug-likeness (QED) is 0.860. The molecule has 2 aromatic rings. The van der Waals surface area contributed by atoms with Crippen molar-refractivity contribution in [3.8, 4) is 0 Å². The Kier molecular flexibility index (Phi) is 4.85. The van der Waals surface area contributed by atoms with E-state index in [4.69, 9.17) is 0 Å². The first-order valence-corrected chi connectivity index (χ1v) is 6.71. The molecule has 1 atom stereocenters. The molecule has 1 unspecified atom stereocenters. The molecule has 2 aromatic carbocycles. The molecule has 1 nitrogen and oxygen atoms in total. The first kappa shape index (κ1) is 14.7. The van der Waals surface area contributed by atoms with Crippen LogP contribution in [0.5, 0.6) is 0 Å². The lowest BCUT2D eigenvalue weighted by Gasteiger charge is -2.22. The minimum absolute atomic E-state index is 0.204. The normalized spacial score (nSPS) is 12.7. The molecule has 0 aliphatic rings. The molecule has 2 rings (SSSR count). The van der Waals surface area contributed by atoms with Gasteiger partial charge in [0.25, 0.3) is 6.43 Å². The minimum Gasteiger partial charge on any atom is -0.301 e. The van der Waals surface area contributed by atoms with Crippen LogP contribution in [0.1, 0.15) is 28.3 Å². The molecule has 0 aliphatic carbocycles. The predicted molar refractivity (Wildman–Crippen MR) is 78.2 cm³/mol. The highest BCUT2D eigenvalue weighted by Crippen LogP contribution is 2.26. The van der Waals surface area contributed by atoms with Crippen molar-refractivity contribution in [3.05, 3.63) is 70.8 Å². The third-order valence-electron chi connectivity index (χ3n) is 3.35. The molecule has 0 amide bonds. The SMILES string of the molecule is Cc1ccc(C)c(C(NCC(F)F)c2ccccc2)c1. The second kappa shape index (κ2) is 6.62. The maximum absolute atomic E-state index is 12.5. The fourth-order valence-corrected chi connectivity index (χ4v) is 2.33. The van der Waals surface area contributed by atoms with Gasteiger partial charge in [-0.25, -0.2) is 8.78 Å². The van der Waals surface area contributed by atoms with Crippen LogP contribution < -0.4 is 5.32 Å². The summed E-state index contributed by atoms with van der Waals surface area (Å²) in [6.07, 6.45) is -2.36. The topological polar surface area (TPSA) is 12.0 Å². The number of hydrogen-bond acceptors (Lipinski definition) is 1. The first-order valence-electron chi connectivity index (χ1n) is 6.71. The average molecular weight is 275 g/mol. The number of halogens is 2. The second-order valence-electron chi connectivity index (χ2n) is 5.00. The molecule has 0 radical (unpaired) electrons. The molecule has 20 heavy (non-hydrogen) atoms. The van der Waals surface area contributed by atoms with Gasteiger partial charge in [0.05, 0.1) is 12.6 Å². The molecule has 3 heteroatoms. The van der Waals surface area contributed by atoms with Crippen molar-refractivity contribution in [1.29, 1.82) is 0 Å². The summed E-state index contributed by atoms with van der Waals surface area (Å²) in [5.41, 5.74) is 4.29. The molecular formula is C17H19F2N. The van der Waals surface area contributed by atoms with E-state index in [2.05, 4.69) is 11.4 Å². The van der Waals surface area contributed by atoms with Crippen molar-refractivity contribution in [3.63, 3.8) is 0 Å². The van der Waals surface area contributed by atoms with Gasteiger partial charge in [-0.1, -0.05) is 54.1 Å². The van der Waals surface area contributed by atoms with Gasteiger partial charge >= 0.3 is 0 Å². The Labute approximate surface area is 118 Å². The van der Waals surface area contributed by atoms with Crippen LogP contribution >= 0.6 is 0 Å². The highest BCUT2D eigenvalue weighted by Gasteiger charge is 2.17. The van der Waals surface area contributed by atoms with Gasteiger partial charge in [-0.15, -0.1) is 0 Å². The summed E-state index contributed by atoms with van der Waals surface area (Å²) in [5, 5.41) is 2.97. The van der Waals surface area contributed by atoms with E-state index in [1.165, 1.54) is 0 Å². The van der Waals surface area contributed by atoms with Gasteiger partial charge in [0, 0.05) is 0 Å². The molecule has 1 N–H and O–H groups in total. The number of aryl methyl sites for hydroxylation is 2. The van der Waals surface area contributed by atoms with Crippen molar-refractivity contribution >= 4 is 0 Å². The summed E-state index contributed by atoms with van der Waals surface area (Å²) in [4.78, 5) is 0. The third-order valence-corrected chi connectivity index (χ3v) is 3.35. The van der Waals surface area contributed by atoms with Crippen LogP contribution in [0.4, 0.5) is 8.78 Å². The van der Waals surface area contributed by atoms with Gasteiger partial charge in [0.15, 0.2) is 0 Å². The number of benzene rings is 2. The fourth-order valence-electron chi connectivity index (χ4n) is 2.33. The monoisotopic (exact) mass is 275 g/mol. The number of alkyl halides is 2. The predicted octanol–water partition coefficient (Wildman–Crippen LogP) is 4.25. The van der Waals surface area contributed by atoms with Crippen molar-refractivity contribution in [2.75, 3.05) is 6.54 Å². The van der Waals surface area contributed by atoms with Crippen LogP contribution in [0.2, 0.25) is 0 Å². The highest BCUT2D eigenvalue weighted by atomic mass is 19.3.